The van der Waals surface area contributed by atoms with E-state index in [2.05, 4.69) is 44.8 Å². The van der Waals surface area contributed by atoms with Gasteiger partial charge in [-0.3, -0.25) is 0 Å². The van der Waals surface area contributed by atoms with Gasteiger partial charge in [-0.2, -0.15) is 11.8 Å². The van der Waals surface area contributed by atoms with Crippen molar-refractivity contribution in [1.82, 2.24) is 10.2 Å². The minimum Gasteiger partial charge on any atom is -0.444 e. The number of hydrogen-bond acceptors (Lipinski definition) is 4. The fraction of sp³-hybridized carbons (Fsp3) is 0.944. The normalized spacial score (nSPS) is 22.2. The van der Waals surface area contributed by atoms with Gasteiger partial charge in [0.15, 0.2) is 0 Å². The monoisotopic (exact) mass is 344 g/mol. The molecule has 1 rings (SSSR count). The third kappa shape index (κ3) is 7.79. The van der Waals surface area contributed by atoms with Crippen LogP contribution in [0.2, 0.25) is 0 Å². The first-order valence-electron chi connectivity index (χ1n) is 8.88. The maximum absolute atomic E-state index is 12.4. The summed E-state index contributed by atoms with van der Waals surface area (Å²) in [5.74, 6) is 1.20. The molecule has 0 aromatic carbocycles. The van der Waals surface area contributed by atoms with Gasteiger partial charge in [-0.15, -0.1) is 0 Å². The Bertz CT molecular complexity index is 374. The molecule has 0 saturated heterocycles. The molecule has 0 heterocycles. The van der Waals surface area contributed by atoms with E-state index in [0.717, 1.165) is 11.8 Å². The number of ether oxygens (including phenoxy) is 1. The summed E-state index contributed by atoms with van der Waals surface area (Å²) in [4.78, 5) is 14.3. The summed E-state index contributed by atoms with van der Waals surface area (Å²) in [6.07, 6.45) is 3.59. The van der Waals surface area contributed by atoms with Gasteiger partial charge in [0.1, 0.15) is 5.60 Å². The number of carbonyl (C=O) groups is 1. The number of rotatable bonds is 6. The van der Waals surface area contributed by atoms with Crippen LogP contribution in [0, 0.1) is 0 Å². The Hall–Kier alpha value is -0.420. The van der Waals surface area contributed by atoms with E-state index >= 15 is 0 Å². The zero-order valence-electron chi connectivity index (χ0n) is 16.1. The quantitative estimate of drug-likeness (QED) is 0.780. The van der Waals surface area contributed by atoms with Crippen molar-refractivity contribution in [1.29, 1.82) is 0 Å². The lowest BCUT2D eigenvalue weighted by Crippen LogP contribution is -2.50. The Morgan fingerprint density at radius 2 is 1.87 bits per heavy atom. The number of carbonyl (C=O) groups excluding carboxylic acids is 1. The summed E-state index contributed by atoms with van der Waals surface area (Å²) >= 11 is 2.07. The highest BCUT2D eigenvalue weighted by molar-refractivity contribution is 7.99. The third-order valence-corrected chi connectivity index (χ3v) is 5.21. The van der Waals surface area contributed by atoms with Crippen molar-refractivity contribution < 1.29 is 9.53 Å². The first-order valence-corrected chi connectivity index (χ1v) is 9.93. The van der Waals surface area contributed by atoms with Gasteiger partial charge >= 0.3 is 6.09 Å². The van der Waals surface area contributed by atoms with Gasteiger partial charge in [0.05, 0.1) is 0 Å². The number of hydrogen-bond donors (Lipinski definition) is 1. The molecule has 2 unspecified atom stereocenters. The van der Waals surface area contributed by atoms with E-state index in [1.54, 1.807) is 0 Å². The van der Waals surface area contributed by atoms with Crippen LogP contribution in [-0.2, 0) is 4.74 Å². The molecule has 0 aromatic heterocycles. The average molecular weight is 345 g/mol. The molecule has 0 aliphatic heterocycles. The lowest BCUT2D eigenvalue weighted by atomic mass is 10.1. The lowest BCUT2D eigenvalue weighted by molar-refractivity contribution is 0.00648. The van der Waals surface area contributed by atoms with E-state index in [1.807, 2.05) is 25.7 Å². The van der Waals surface area contributed by atoms with Gasteiger partial charge in [-0.25, -0.2) is 4.79 Å². The van der Waals surface area contributed by atoms with Crippen LogP contribution in [0.5, 0.6) is 0 Å². The molecular formula is C18H36N2O2S. The molecule has 23 heavy (non-hydrogen) atoms. The molecular weight excluding hydrogens is 308 g/mol. The highest BCUT2D eigenvalue weighted by Crippen LogP contribution is 2.29. The molecule has 0 radical (unpaired) electrons. The van der Waals surface area contributed by atoms with Gasteiger partial charge < -0.3 is 15.0 Å². The van der Waals surface area contributed by atoms with Crippen LogP contribution in [0.4, 0.5) is 4.79 Å². The van der Waals surface area contributed by atoms with Crippen molar-refractivity contribution in [3.05, 3.63) is 0 Å². The van der Waals surface area contributed by atoms with Crippen molar-refractivity contribution in [3.8, 4) is 0 Å². The van der Waals surface area contributed by atoms with E-state index < -0.39 is 5.60 Å². The van der Waals surface area contributed by atoms with Crippen molar-refractivity contribution in [2.75, 3.05) is 18.8 Å². The van der Waals surface area contributed by atoms with Crippen LogP contribution in [0.25, 0.3) is 0 Å². The highest BCUT2D eigenvalue weighted by Gasteiger charge is 2.31. The van der Waals surface area contributed by atoms with Crippen molar-refractivity contribution >= 4 is 17.9 Å². The standard InChI is InChI=1S/C18H36N2O2S/c1-8-23-15-10-9-14(13-15)19-11-12-20(17(2,3)4)16(21)22-18(5,6)7/h14-15,19H,8-13H2,1-7H3. The largest absolute Gasteiger partial charge is 0.444 e. The molecule has 136 valence electrons. The molecule has 5 heteroatoms. The van der Waals surface area contributed by atoms with Gasteiger partial charge in [0, 0.05) is 29.9 Å². The molecule has 1 amide bonds. The van der Waals surface area contributed by atoms with E-state index in [0.29, 0.717) is 12.6 Å². The highest BCUT2D eigenvalue weighted by atomic mass is 32.2. The SMILES string of the molecule is CCSC1CCC(NCCN(C(=O)OC(C)(C)C)C(C)(C)C)C1. The summed E-state index contributed by atoms with van der Waals surface area (Å²) in [6.45, 7) is 15.6. The lowest BCUT2D eigenvalue weighted by Gasteiger charge is -2.37. The van der Waals surface area contributed by atoms with Gasteiger partial charge in [-0.1, -0.05) is 6.92 Å². The average Bonchev–Trinajstić information content (AvgIpc) is 2.79. The Morgan fingerprint density at radius 1 is 1.22 bits per heavy atom. The topological polar surface area (TPSA) is 41.6 Å². The molecule has 1 N–H and O–H groups in total. The summed E-state index contributed by atoms with van der Waals surface area (Å²) < 4.78 is 5.55. The number of thioether (sulfide) groups is 1. The van der Waals surface area contributed by atoms with Crippen molar-refractivity contribution in [3.63, 3.8) is 0 Å². The molecule has 0 spiro atoms. The molecule has 4 nitrogen and oxygen atoms in total. The number of nitrogens with zero attached hydrogens (tertiary/aromatic N) is 1. The predicted octanol–water partition coefficient (Wildman–Crippen LogP) is 4.29. The van der Waals surface area contributed by atoms with E-state index in [9.17, 15) is 4.79 Å². The van der Waals surface area contributed by atoms with Crippen LogP contribution in [0.15, 0.2) is 0 Å². The van der Waals surface area contributed by atoms with E-state index in [-0.39, 0.29) is 11.6 Å². The molecule has 2 atom stereocenters. The smallest absolute Gasteiger partial charge is 0.410 e. The molecule has 1 aliphatic rings. The fourth-order valence-corrected chi connectivity index (χ4v) is 4.05. The first-order chi connectivity index (χ1) is 10.5. The van der Waals surface area contributed by atoms with Crippen molar-refractivity contribution in [2.45, 2.75) is 90.2 Å². The molecule has 0 aromatic rings. The Labute approximate surface area is 147 Å². The molecule has 1 fully saturated rings. The van der Waals surface area contributed by atoms with Crippen LogP contribution >= 0.6 is 11.8 Å². The number of amides is 1. The first kappa shape index (κ1) is 20.6. The second-order valence-electron chi connectivity index (χ2n) is 8.34. The zero-order valence-corrected chi connectivity index (χ0v) is 16.9. The van der Waals surface area contributed by atoms with Crippen LogP contribution in [0.1, 0.15) is 67.7 Å². The van der Waals surface area contributed by atoms with Gasteiger partial charge in [-0.05, 0) is 66.6 Å². The number of nitrogens with one attached hydrogen (secondary N) is 1. The zero-order chi connectivity index (χ0) is 17.7. The van der Waals surface area contributed by atoms with E-state index in [1.165, 1.54) is 25.0 Å². The van der Waals surface area contributed by atoms with E-state index in [4.69, 9.17) is 4.74 Å². The van der Waals surface area contributed by atoms with Crippen LogP contribution in [0.3, 0.4) is 0 Å². The predicted molar refractivity (Wildman–Crippen MR) is 100 cm³/mol. The Morgan fingerprint density at radius 3 is 2.39 bits per heavy atom. The second-order valence-corrected chi connectivity index (χ2v) is 9.92. The maximum Gasteiger partial charge on any atom is 0.410 e. The van der Waals surface area contributed by atoms with Crippen LogP contribution in [-0.4, -0.2) is 52.3 Å². The summed E-state index contributed by atoms with van der Waals surface area (Å²) in [6, 6.07) is 0.597. The minimum atomic E-state index is -0.454. The van der Waals surface area contributed by atoms with Crippen LogP contribution < -0.4 is 5.32 Å². The minimum absolute atomic E-state index is 0.224. The fourth-order valence-electron chi connectivity index (χ4n) is 2.91. The van der Waals surface area contributed by atoms with Gasteiger partial charge in [0.2, 0.25) is 0 Å². The summed E-state index contributed by atoms with van der Waals surface area (Å²) in [5.41, 5.74) is -0.690. The Balaban J connectivity index is 2.45. The summed E-state index contributed by atoms with van der Waals surface area (Å²) in [5, 5.41) is 4.43. The van der Waals surface area contributed by atoms with Gasteiger partial charge in [0.25, 0.3) is 0 Å². The molecule has 1 saturated carbocycles. The second kappa shape index (κ2) is 8.61. The summed E-state index contributed by atoms with van der Waals surface area (Å²) in [7, 11) is 0. The third-order valence-electron chi connectivity index (χ3n) is 3.98. The molecule has 1 aliphatic carbocycles. The molecule has 0 bridgehead atoms. The Kier molecular flexibility index (Phi) is 7.72. The van der Waals surface area contributed by atoms with Crippen molar-refractivity contribution in [2.24, 2.45) is 0 Å². The maximum atomic E-state index is 12.4.